The third kappa shape index (κ3) is 5.88. The van der Waals surface area contributed by atoms with Crippen molar-refractivity contribution >= 4 is 23.5 Å². The van der Waals surface area contributed by atoms with E-state index in [2.05, 4.69) is 11.4 Å². The number of nitrogens with one attached hydrogen (secondary N) is 1. The van der Waals surface area contributed by atoms with Gasteiger partial charge in [0.1, 0.15) is 0 Å². The minimum atomic E-state index is -0.619. The highest BCUT2D eigenvalue weighted by molar-refractivity contribution is 5.96. The van der Waals surface area contributed by atoms with Crippen LogP contribution in [-0.4, -0.2) is 62.3 Å². The highest BCUT2D eigenvalue weighted by atomic mass is 16.7. The van der Waals surface area contributed by atoms with E-state index < -0.39 is 12.0 Å². The molecule has 4 rings (SSSR count). The first-order chi connectivity index (χ1) is 17.0. The fourth-order valence-electron chi connectivity index (χ4n) is 4.06. The summed E-state index contributed by atoms with van der Waals surface area (Å²) in [5.41, 5.74) is 1.93. The van der Waals surface area contributed by atoms with Crippen molar-refractivity contribution in [2.45, 2.75) is 19.4 Å². The number of amides is 2. The number of benzene rings is 2. The lowest BCUT2D eigenvalue weighted by atomic mass is 10.0. The predicted molar refractivity (Wildman–Crippen MR) is 125 cm³/mol. The van der Waals surface area contributed by atoms with Crippen LogP contribution in [0.1, 0.15) is 30.5 Å². The number of nitrogens with zero attached hydrogens (tertiary/aromatic N) is 3. The zero-order chi connectivity index (χ0) is 24.8. The Hall–Kier alpha value is -4.10. The van der Waals surface area contributed by atoms with E-state index in [0.29, 0.717) is 35.7 Å². The molecule has 2 aliphatic rings. The van der Waals surface area contributed by atoms with E-state index in [1.54, 1.807) is 59.2 Å². The predicted octanol–water partition coefficient (Wildman–Crippen LogP) is 1.75. The van der Waals surface area contributed by atoms with E-state index in [1.807, 2.05) is 0 Å². The van der Waals surface area contributed by atoms with E-state index in [1.165, 1.54) is 0 Å². The average molecular weight is 479 g/mol. The van der Waals surface area contributed by atoms with Crippen LogP contribution in [0.4, 0.5) is 5.69 Å². The number of carbonyl (C=O) groups excluding carboxylic acids is 3. The normalized spacial score (nSPS) is 15.9. The Bertz CT molecular complexity index is 1140. The van der Waals surface area contributed by atoms with Gasteiger partial charge >= 0.3 is 5.97 Å². The summed E-state index contributed by atoms with van der Waals surface area (Å²) >= 11 is 0. The molecule has 0 radical (unpaired) electrons. The summed E-state index contributed by atoms with van der Waals surface area (Å²) in [6, 6.07) is 13.5. The first kappa shape index (κ1) is 24.0. The number of nitriles is 1. The first-order valence-electron chi connectivity index (χ1n) is 11.3. The summed E-state index contributed by atoms with van der Waals surface area (Å²) in [4.78, 5) is 41.2. The van der Waals surface area contributed by atoms with Gasteiger partial charge < -0.3 is 24.4 Å². The SMILES string of the molecule is CCOC(=O)CC(NC(=O)CN1CCN(c2ccc(C#N)cc2)C(=O)C1)c1ccc2c(c1)OCO2. The van der Waals surface area contributed by atoms with Gasteiger partial charge in [0, 0.05) is 18.8 Å². The Morgan fingerprint density at radius 2 is 1.91 bits per heavy atom. The Morgan fingerprint density at radius 3 is 2.63 bits per heavy atom. The number of hydrogen-bond acceptors (Lipinski definition) is 8. The maximum atomic E-state index is 12.9. The molecule has 2 heterocycles. The van der Waals surface area contributed by atoms with Crippen LogP contribution in [0.3, 0.4) is 0 Å². The summed E-state index contributed by atoms with van der Waals surface area (Å²) in [5, 5.41) is 11.8. The molecule has 2 aromatic rings. The van der Waals surface area contributed by atoms with Gasteiger partial charge in [0.2, 0.25) is 18.6 Å². The summed E-state index contributed by atoms with van der Waals surface area (Å²) in [7, 11) is 0. The van der Waals surface area contributed by atoms with Crippen LogP contribution < -0.4 is 19.7 Å². The lowest BCUT2D eigenvalue weighted by Crippen LogP contribution is -2.53. The van der Waals surface area contributed by atoms with Crippen LogP contribution in [-0.2, 0) is 19.1 Å². The van der Waals surface area contributed by atoms with Crippen molar-refractivity contribution in [3.8, 4) is 17.6 Å². The molecule has 0 spiro atoms. The average Bonchev–Trinajstić information content (AvgIpc) is 3.32. The molecule has 10 heteroatoms. The summed E-state index contributed by atoms with van der Waals surface area (Å²) in [6.45, 7) is 3.11. The molecule has 2 aromatic carbocycles. The Morgan fingerprint density at radius 1 is 1.14 bits per heavy atom. The topological polar surface area (TPSA) is 121 Å². The van der Waals surface area contributed by atoms with E-state index in [4.69, 9.17) is 19.5 Å². The van der Waals surface area contributed by atoms with Crippen LogP contribution >= 0.6 is 0 Å². The zero-order valence-electron chi connectivity index (χ0n) is 19.4. The quantitative estimate of drug-likeness (QED) is 0.570. The first-order valence-corrected chi connectivity index (χ1v) is 11.3. The highest BCUT2D eigenvalue weighted by Gasteiger charge is 2.28. The zero-order valence-corrected chi connectivity index (χ0v) is 19.4. The van der Waals surface area contributed by atoms with Crippen LogP contribution in [0.25, 0.3) is 0 Å². The van der Waals surface area contributed by atoms with Gasteiger partial charge in [0.05, 0.1) is 43.8 Å². The number of esters is 1. The van der Waals surface area contributed by atoms with E-state index in [9.17, 15) is 14.4 Å². The fourth-order valence-corrected chi connectivity index (χ4v) is 4.06. The van der Waals surface area contributed by atoms with Gasteiger partial charge in [-0.3, -0.25) is 19.3 Å². The van der Waals surface area contributed by atoms with Crippen molar-refractivity contribution in [1.29, 1.82) is 5.26 Å². The molecule has 0 aliphatic carbocycles. The van der Waals surface area contributed by atoms with Gasteiger partial charge in [0.15, 0.2) is 11.5 Å². The molecule has 0 saturated carbocycles. The van der Waals surface area contributed by atoms with Crippen molar-refractivity contribution in [2.24, 2.45) is 0 Å². The Labute approximate surface area is 203 Å². The summed E-state index contributed by atoms with van der Waals surface area (Å²) in [5.74, 6) is 0.287. The van der Waals surface area contributed by atoms with Crippen LogP contribution in [0, 0.1) is 11.3 Å². The van der Waals surface area contributed by atoms with E-state index in [0.717, 1.165) is 5.69 Å². The molecule has 1 atom stereocenters. The molecule has 1 saturated heterocycles. The Kier molecular flexibility index (Phi) is 7.48. The van der Waals surface area contributed by atoms with Crippen molar-refractivity contribution in [1.82, 2.24) is 10.2 Å². The minimum Gasteiger partial charge on any atom is -0.466 e. The number of hydrogen-bond donors (Lipinski definition) is 1. The monoisotopic (exact) mass is 478 g/mol. The second-order valence-corrected chi connectivity index (χ2v) is 8.16. The van der Waals surface area contributed by atoms with Crippen molar-refractivity contribution < 1.29 is 28.6 Å². The number of piperazine rings is 1. The molecule has 1 fully saturated rings. The lowest BCUT2D eigenvalue weighted by Gasteiger charge is -2.34. The lowest BCUT2D eigenvalue weighted by molar-refractivity contribution is -0.143. The number of rotatable bonds is 8. The second kappa shape index (κ2) is 10.9. The molecular weight excluding hydrogens is 452 g/mol. The van der Waals surface area contributed by atoms with Gasteiger partial charge in [-0.05, 0) is 48.9 Å². The Balaban J connectivity index is 1.38. The van der Waals surface area contributed by atoms with Gasteiger partial charge in [-0.1, -0.05) is 6.07 Å². The van der Waals surface area contributed by atoms with Crippen molar-refractivity contribution in [3.63, 3.8) is 0 Å². The van der Waals surface area contributed by atoms with Crippen molar-refractivity contribution in [2.75, 3.05) is 44.5 Å². The van der Waals surface area contributed by atoms with Crippen LogP contribution in [0.15, 0.2) is 42.5 Å². The van der Waals surface area contributed by atoms with E-state index >= 15 is 0 Å². The molecule has 0 aromatic heterocycles. The molecule has 35 heavy (non-hydrogen) atoms. The largest absolute Gasteiger partial charge is 0.466 e. The maximum Gasteiger partial charge on any atom is 0.308 e. The number of fused-ring (bicyclic) bond motifs is 1. The number of ether oxygens (including phenoxy) is 3. The molecule has 10 nitrogen and oxygen atoms in total. The van der Waals surface area contributed by atoms with Gasteiger partial charge in [-0.25, -0.2) is 0 Å². The minimum absolute atomic E-state index is 0.0107. The third-order valence-corrected chi connectivity index (χ3v) is 5.79. The molecule has 182 valence electrons. The molecule has 1 N–H and O–H groups in total. The molecule has 0 bridgehead atoms. The summed E-state index contributed by atoms with van der Waals surface area (Å²) < 4.78 is 15.8. The highest BCUT2D eigenvalue weighted by Crippen LogP contribution is 2.35. The van der Waals surface area contributed by atoms with Gasteiger partial charge in [-0.2, -0.15) is 5.26 Å². The smallest absolute Gasteiger partial charge is 0.308 e. The van der Waals surface area contributed by atoms with Gasteiger partial charge in [-0.15, -0.1) is 0 Å². The standard InChI is InChI=1S/C25H26N4O6/c1-2-33-25(32)12-20(18-5-8-21-22(11-18)35-16-34-21)27-23(30)14-28-9-10-29(24(31)15-28)19-6-3-17(13-26)4-7-19/h3-8,11,20H,2,9-10,12,14-16H2,1H3,(H,27,30). The molecule has 1 unspecified atom stereocenters. The second-order valence-electron chi connectivity index (χ2n) is 8.16. The third-order valence-electron chi connectivity index (χ3n) is 5.79. The van der Waals surface area contributed by atoms with Crippen molar-refractivity contribution in [3.05, 3.63) is 53.6 Å². The fraction of sp³-hybridized carbons (Fsp3) is 0.360. The van der Waals surface area contributed by atoms with Gasteiger partial charge in [0.25, 0.3) is 0 Å². The number of anilines is 1. The van der Waals surface area contributed by atoms with Crippen LogP contribution in [0.5, 0.6) is 11.5 Å². The molecule has 2 aliphatic heterocycles. The maximum absolute atomic E-state index is 12.9. The molecule has 2 amide bonds. The molecular formula is C25H26N4O6. The van der Waals surface area contributed by atoms with Crippen LogP contribution in [0.2, 0.25) is 0 Å². The van der Waals surface area contributed by atoms with E-state index in [-0.39, 0.29) is 44.7 Å². The number of carbonyl (C=O) groups is 3. The summed E-state index contributed by atoms with van der Waals surface area (Å²) in [6.07, 6.45) is -0.0371.